The third-order valence-corrected chi connectivity index (χ3v) is 6.09. The molecule has 1 atom stereocenters. The molecule has 1 saturated heterocycles. The topological polar surface area (TPSA) is 61.9 Å². The molecule has 0 bridgehead atoms. The molecule has 2 fully saturated rings. The van der Waals surface area contributed by atoms with E-state index >= 15 is 0 Å². The first kappa shape index (κ1) is 20.8. The molecule has 1 aliphatic carbocycles. The quantitative estimate of drug-likeness (QED) is 0.815. The molecule has 6 nitrogen and oxygen atoms in total. The Balaban J connectivity index is 1.70. The highest BCUT2D eigenvalue weighted by Gasteiger charge is 2.32. The molecule has 1 aromatic rings. The van der Waals surface area contributed by atoms with Gasteiger partial charge in [-0.15, -0.1) is 0 Å². The zero-order chi connectivity index (χ0) is 20.3. The van der Waals surface area contributed by atoms with E-state index in [0.29, 0.717) is 30.4 Å². The molecule has 1 saturated carbocycles. The summed E-state index contributed by atoms with van der Waals surface area (Å²) in [6, 6.07) is 5.38. The summed E-state index contributed by atoms with van der Waals surface area (Å²) in [5, 5.41) is 3.01. The van der Waals surface area contributed by atoms with Gasteiger partial charge in [0.05, 0.1) is 13.2 Å². The van der Waals surface area contributed by atoms with Gasteiger partial charge in [-0.25, -0.2) is 0 Å². The Morgan fingerprint density at radius 2 is 2.07 bits per heavy atom. The van der Waals surface area contributed by atoms with Gasteiger partial charge in [-0.3, -0.25) is 14.5 Å². The van der Waals surface area contributed by atoms with Crippen molar-refractivity contribution < 1.29 is 14.3 Å². The van der Waals surface area contributed by atoms with Crippen LogP contribution in [0.5, 0.6) is 0 Å². The number of aryl methyl sites for hydroxylation is 1. The van der Waals surface area contributed by atoms with E-state index < -0.39 is 0 Å². The molecule has 1 aliphatic heterocycles. The Hall–Kier alpha value is -1.92. The van der Waals surface area contributed by atoms with Crippen LogP contribution in [-0.2, 0) is 9.53 Å². The third kappa shape index (κ3) is 4.73. The molecule has 1 N–H and O–H groups in total. The zero-order valence-electron chi connectivity index (χ0n) is 17.5. The highest BCUT2D eigenvalue weighted by atomic mass is 16.5. The van der Waals surface area contributed by atoms with Gasteiger partial charge in [-0.2, -0.15) is 0 Å². The van der Waals surface area contributed by atoms with Gasteiger partial charge >= 0.3 is 0 Å². The highest BCUT2D eigenvalue weighted by molar-refractivity contribution is 5.99. The van der Waals surface area contributed by atoms with Crippen LogP contribution in [0.3, 0.4) is 0 Å². The molecule has 0 aromatic heterocycles. The van der Waals surface area contributed by atoms with Crippen molar-refractivity contribution >= 4 is 17.5 Å². The number of carbonyl (C=O) groups is 2. The third-order valence-electron chi connectivity index (χ3n) is 6.09. The number of carbonyl (C=O) groups excluding carboxylic acids is 2. The Kier molecular flexibility index (Phi) is 6.73. The summed E-state index contributed by atoms with van der Waals surface area (Å²) in [4.78, 5) is 29.7. The molecule has 0 spiro atoms. The Morgan fingerprint density at radius 1 is 1.32 bits per heavy atom. The van der Waals surface area contributed by atoms with Crippen LogP contribution in [0.2, 0.25) is 0 Å². The number of morpholine rings is 1. The SMILES string of the molecule is Cc1ccc(NC(=O)C2COCCN2CC2CCC2)cc1C(=O)N(C)C(C)C. The molecule has 1 aromatic carbocycles. The Morgan fingerprint density at radius 3 is 2.71 bits per heavy atom. The molecule has 6 heteroatoms. The van der Waals surface area contributed by atoms with Crippen molar-refractivity contribution in [1.29, 1.82) is 0 Å². The normalized spacial score (nSPS) is 20.7. The molecular formula is C22H33N3O3. The molecule has 3 rings (SSSR count). The zero-order valence-corrected chi connectivity index (χ0v) is 17.5. The summed E-state index contributed by atoms with van der Waals surface area (Å²) in [5.41, 5.74) is 2.19. The maximum absolute atomic E-state index is 12.9. The lowest BCUT2D eigenvalue weighted by molar-refractivity contribution is -0.128. The van der Waals surface area contributed by atoms with Gasteiger partial charge in [-0.05, 0) is 57.2 Å². The number of nitrogens with zero attached hydrogens (tertiary/aromatic N) is 2. The van der Waals surface area contributed by atoms with E-state index in [1.807, 2.05) is 32.9 Å². The number of hydrogen-bond acceptors (Lipinski definition) is 4. The Labute approximate surface area is 168 Å². The van der Waals surface area contributed by atoms with Crippen LogP contribution >= 0.6 is 0 Å². The number of anilines is 1. The van der Waals surface area contributed by atoms with Crippen LogP contribution in [-0.4, -0.2) is 67.0 Å². The predicted octanol–water partition coefficient (Wildman–Crippen LogP) is 2.91. The largest absolute Gasteiger partial charge is 0.378 e. The average Bonchev–Trinajstić information content (AvgIpc) is 2.65. The first-order chi connectivity index (χ1) is 13.4. The number of amides is 2. The second kappa shape index (κ2) is 9.05. The predicted molar refractivity (Wildman–Crippen MR) is 111 cm³/mol. The fourth-order valence-corrected chi connectivity index (χ4v) is 3.69. The van der Waals surface area contributed by atoms with Crippen LogP contribution in [0.15, 0.2) is 18.2 Å². The number of benzene rings is 1. The summed E-state index contributed by atoms with van der Waals surface area (Å²) in [6.45, 7) is 8.76. The van der Waals surface area contributed by atoms with Crippen molar-refractivity contribution in [3.63, 3.8) is 0 Å². The second-order valence-corrected chi connectivity index (χ2v) is 8.41. The van der Waals surface area contributed by atoms with Gasteiger partial charge in [-0.1, -0.05) is 12.5 Å². The lowest BCUT2D eigenvalue weighted by Crippen LogP contribution is -2.53. The molecule has 1 heterocycles. The van der Waals surface area contributed by atoms with Crippen LogP contribution < -0.4 is 5.32 Å². The first-order valence-corrected chi connectivity index (χ1v) is 10.4. The van der Waals surface area contributed by atoms with Gasteiger partial charge < -0.3 is 15.0 Å². The second-order valence-electron chi connectivity index (χ2n) is 8.41. The van der Waals surface area contributed by atoms with E-state index in [4.69, 9.17) is 4.74 Å². The number of hydrogen-bond donors (Lipinski definition) is 1. The minimum Gasteiger partial charge on any atom is -0.378 e. The number of rotatable bonds is 6. The van der Waals surface area contributed by atoms with Crippen molar-refractivity contribution in [3.8, 4) is 0 Å². The van der Waals surface area contributed by atoms with Gasteiger partial charge in [0.2, 0.25) is 5.91 Å². The van der Waals surface area contributed by atoms with Crippen LogP contribution in [0.1, 0.15) is 49.0 Å². The highest BCUT2D eigenvalue weighted by Crippen LogP contribution is 2.28. The van der Waals surface area contributed by atoms with Gasteiger partial charge in [0.1, 0.15) is 6.04 Å². The molecule has 0 radical (unpaired) electrons. The summed E-state index contributed by atoms with van der Waals surface area (Å²) >= 11 is 0. The summed E-state index contributed by atoms with van der Waals surface area (Å²) in [7, 11) is 1.80. The van der Waals surface area contributed by atoms with E-state index in [9.17, 15) is 9.59 Å². The van der Waals surface area contributed by atoms with Crippen molar-refractivity contribution in [2.45, 2.75) is 52.1 Å². The first-order valence-electron chi connectivity index (χ1n) is 10.4. The van der Waals surface area contributed by atoms with E-state index in [2.05, 4.69) is 10.2 Å². The molecule has 28 heavy (non-hydrogen) atoms. The lowest BCUT2D eigenvalue weighted by Gasteiger charge is -2.39. The molecule has 2 amide bonds. The molecular weight excluding hydrogens is 354 g/mol. The van der Waals surface area contributed by atoms with Crippen LogP contribution in [0.4, 0.5) is 5.69 Å². The minimum atomic E-state index is -0.270. The maximum Gasteiger partial charge on any atom is 0.254 e. The van der Waals surface area contributed by atoms with Crippen LogP contribution in [0.25, 0.3) is 0 Å². The van der Waals surface area contributed by atoms with Crippen molar-refractivity contribution in [2.75, 3.05) is 38.7 Å². The lowest BCUT2D eigenvalue weighted by atomic mass is 9.84. The van der Waals surface area contributed by atoms with E-state index in [1.165, 1.54) is 19.3 Å². The standard InChI is InChI=1S/C22H33N3O3/c1-15(2)24(4)22(27)19-12-18(9-8-16(19)3)23-21(26)20-14-28-11-10-25(20)13-17-6-5-7-17/h8-9,12,15,17,20H,5-7,10-11,13-14H2,1-4H3,(H,23,26). The van der Waals surface area contributed by atoms with Gasteiger partial charge in [0.15, 0.2) is 0 Å². The Bertz CT molecular complexity index is 715. The fraction of sp³-hybridized carbons (Fsp3) is 0.636. The summed E-state index contributed by atoms with van der Waals surface area (Å²) in [5.74, 6) is 0.623. The summed E-state index contributed by atoms with van der Waals surface area (Å²) < 4.78 is 5.58. The van der Waals surface area contributed by atoms with E-state index in [1.54, 1.807) is 18.0 Å². The maximum atomic E-state index is 12.9. The molecule has 154 valence electrons. The van der Waals surface area contributed by atoms with Crippen molar-refractivity contribution in [3.05, 3.63) is 29.3 Å². The number of nitrogens with one attached hydrogen (secondary N) is 1. The monoisotopic (exact) mass is 387 g/mol. The average molecular weight is 388 g/mol. The van der Waals surface area contributed by atoms with Crippen molar-refractivity contribution in [2.24, 2.45) is 5.92 Å². The van der Waals surface area contributed by atoms with Crippen LogP contribution in [0, 0.1) is 12.8 Å². The van der Waals surface area contributed by atoms with Gasteiger partial charge in [0, 0.05) is 37.4 Å². The fourth-order valence-electron chi connectivity index (χ4n) is 3.69. The minimum absolute atomic E-state index is 0.0313. The molecule has 1 unspecified atom stereocenters. The smallest absolute Gasteiger partial charge is 0.254 e. The number of ether oxygens (including phenoxy) is 1. The summed E-state index contributed by atoms with van der Waals surface area (Å²) in [6.07, 6.45) is 3.83. The molecule has 2 aliphatic rings. The van der Waals surface area contributed by atoms with Gasteiger partial charge in [0.25, 0.3) is 5.91 Å². The van der Waals surface area contributed by atoms with E-state index in [0.717, 1.165) is 18.7 Å². The van der Waals surface area contributed by atoms with E-state index in [-0.39, 0.29) is 23.9 Å². The van der Waals surface area contributed by atoms with Crippen molar-refractivity contribution in [1.82, 2.24) is 9.80 Å².